The number of aromatic hydroxyl groups is 2. The molecule has 178 valence electrons. The Hall–Kier alpha value is -4.30. The van der Waals surface area contributed by atoms with Crippen LogP contribution < -0.4 is 20.2 Å². The van der Waals surface area contributed by atoms with Gasteiger partial charge < -0.3 is 26.0 Å². The number of anilines is 1. The highest BCUT2D eigenvalue weighted by molar-refractivity contribution is 6.53. The topological polar surface area (TPSA) is 153 Å². The lowest BCUT2D eigenvalue weighted by Gasteiger charge is -2.23. The molecule has 0 fully saturated rings. The summed E-state index contributed by atoms with van der Waals surface area (Å²) in [4.78, 5) is 37.4. The highest BCUT2D eigenvalue weighted by Gasteiger charge is 2.43. The van der Waals surface area contributed by atoms with Crippen molar-refractivity contribution in [3.63, 3.8) is 0 Å². The van der Waals surface area contributed by atoms with E-state index in [0.717, 1.165) is 0 Å². The Morgan fingerprint density at radius 2 is 1.65 bits per heavy atom. The van der Waals surface area contributed by atoms with Gasteiger partial charge in [0.25, 0.3) is 5.91 Å². The molecule has 0 radical (unpaired) electrons. The minimum Gasteiger partial charge on any atom is -0.508 e. The van der Waals surface area contributed by atoms with Crippen LogP contribution in [0.25, 0.3) is 0 Å². The number of hydrogen-bond acceptors (Lipinski definition) is 6. The van der Waals surface area contributed by atoms with Crippen LogP contribution >= 0.6 is 0 Å². The lowest BCUT2D eigenvalue weighted by atomic mass is 9.97. The van der Waals surface area contributed by atoms with Gasteiger partial charge in [-0.15, -0.1) is 0 Å². The van der Waals surface area contributed by atoms with Crippen molar-refractivity contribution in [3.8, 4) is 11.5 Å². The SMILES string of the molecule is CCNC(=O)C1=[N+]=C(c2cc(C(C)C)c(O)cc2O)N1c1ccc(C(=O)NC(C)C(=O)O)cc1. The molecule has 5 N–H and O–H groups in total. The van der Waals surface area contributed by atoms with Gasteiger partial charge in [0, 0.05) is 18.2 Å². The van der Waals surface area contributed by atoms with Crippen LogP contribution in [0.2, 0.25) is 0 Å². The molecule has 0 bridgehead atoms. The first-order valence-corrected chi connectivity index (χ1v) is 10.8. The van der Waals surface area contributed by atoms with Crippen LogP contribution in [0.3, 0.4) is 0 Å². The third-order valence-electron chi connectivity index (χ3n) is 5.29. The number of phenols is 2. The van der Waals surface area contributed by atoms with Crippen molar-refractivity contribution in [1.82, 2.24) is 15.3 Å². The standard InChI is InChI=1S/C24H26N4O6/c1-5-25-23(32)21-27-20(17-10-16(12(2)3)18(29)11-19(17)30)28(21)15-8-6-14(7-9-15)22(31)26-13(4)24(33)34/h6-13H,5H2,1-4H3,(H4,25,26,29,30,31,32,33,34)/p+1. The maximum absolute atomic E-state index is 12.5. The van der Waals surface area contributed by atoms with Crippen LogP contribution in [0.15, 0.2) is 36.4 Å². The fraction of sp³-hybridized carbons (Fsp3) is 0.292. The van der Waals surface area contributed by atoms with E-state index in [1.807, 2.05) is 13.8 Å². The zero-order valence-corrected chi connectivity index (χ0v) is 19.3. The van der Waals surface area contributed by atoms with Crippen LogP contribution in [-0.4, -0.2) is 57.4 Å². The van der Waals surface area contributed by atoms with Crippen molar-refractivity contribution >= 4 is 35.1 Å². The quantitative estimate of drug-likeness (QED) is 0.367. The molecule has 1 atom stereocenters. The first-order chi connectivity index (χ1) is 16.0. The van der Waals surface area contributed by atoms with E-state index in [-0.39, 0.29) is 28.8 Å². The second-order valence-electron chi connectivity index (χ2n) is 8.12. The van der Waals surface area contributed by atoms with E-state index in [9.17, 15) is 24.6 Å². The summed E-state index contributed by atoms with van der Waals surface area (Å²) in [6, 6.07) is 8.01. The van der Waals surface area contributed by atoms with Crippen LogP contribution in [0.4, 0.5) is 5.69 Å². The molecule has 0 spiro atoms. The lowest BCUT2D eigenvalue weighted by molar-refractivity contribution is -0.138. The van der Waals surface area contributed by atoms with E-state index < -0.39 is 23.8 Å². The van der Waals surface area contributed by atoms with Crippen LogP contribution in [0, 0.1) is 0 Å². The van der Waals surface area contributed by atoms with Gasteiger partial charge in [-0.3, -0.25) is 14.4 Å². The second kappa shape index (κ2) is 9.68. The zero-order valence-electron chi connectivity index (χ0n) is 19.3. The Morgan fingerprint density at radius 1 is 1.00 bits per heavy atom. The van der Waals surface area contributed by atoms with Gasteiger partial charge in [-0.05, 0) is 55.7 Å². The van der Waals surface area contributed by atoms with Crippen LogP contribution in [0.5, 0.6) is 11.5 Å². The third-order valence-corrected chi connectivity index (χ3v) is 5.29. The van der Waals surface area contributed by atoms with Gasteiger partial charge in [0.1, 0.15) is 28.8 Å². The maximum Gasteiger partial charge on any atom is 0.390 e. The summed E-state index contributed by atoms with van der Waals surface area (Å²) in [5, 5.41) is 34.7. The Morgan fingerprint density at radius 3 is 2.21 bits per heavy atom. The van der Waals surface area contributed by atoms with Crippen molar-refractivity contribution in [2.75, 3.05) is 11.4 Å². The largest absolute Gasteiger partial charge is 0.508 e. The molecule has 1 unspecified atom stereocenters. The average Bonchev–Trinajstić information content (AvgIpc) is 2.74. The first-order valence-electron chi connectivity index (χ1n) is 10.8. The Balaban J connectivity index is 1.99. The summed E-state index contributed by atoms with van der Waals surface area (Å²) >= 11 is 0. The van der Waals surface area contributed by atoms with Gasteiger partial charge in [0.2, 0.25) is 0 Å². The molecule has 10 nitrogen and oxygen atoms in total. The van der Waals surface area contributed by atoms with E-state index in [4.69, 9.17) is 5.11 Å². The molecular weight excluding hydrogens is 440 g/mol. The van der Waals surface area contributed by atoms with Crippen LogP contribution in [-0.2, 0) is 9.59 Å². The minimum absolute atomic E-state index is 0.0219. The van der Waals surface area contributed by atoms with Gasteiger partial charge in [0.15, 0.2) is 0 Å². The molecule has 2 aromatic rings. The van der Waals surface area contributed by atoms with Crippen molar-refractivity contribution < 1.29 is 29.7 Å². The number of amides is 2. The number of nitrogens with one attached hydrogen (secondary N) is 2. The van der Waals surface area contributed by atoms with Gasteiger partial charge >= 0.3 is 23.5 Å². The minimum atomic E-state index is -1.15. The van der Waals surface area contributed by atoms with Gasteiger partial charge in [-0.2, -0.15) is 4.90 Å². The number of phenolic OH excluding ortho intramolecular Hbond substituents is 2. The molecule has 0 aromatic heterocycles. The number of benzene rings is 2. The van der Waals surface area contributed by atoms with Crippen molar-refractivity contribution in [3.05, 3.63) is 53.1 Å². The zero-order chi connectivity index (χ0) is 25.2. The fourth-order valence-electron chi connectivity index (χ4n) is 3.41. The second-order valence-corrected chi connectivity index (χ2v) is 8.12. The predicted molar refractivity (Wildman–Crippen MR) is 127 cm³/mol. The van der Waals surface area contributed by atoms with E-state index in [2.05, 4.69) is 15.3 Å². The Kier molecular flexibility index (Phi) is 6.93. The Labute approximate surface area is 196 Å². The summed E-state index contributed by atoms with van der Waals surface area (Å²) < 4.78 is 4.34. The summed E-state index contributed by atoms with van der Waals surface area (Å²) in [5.41, 5.74) is 1.70. The normalized spacial score (nSPS) is 13.5. The number of carbonyl (C=O) groups excluding carboxylic acids is 2. The molecule has 0 saturated carbocycles. The smallest absolute Gasteiger partial charge is 0.390 e. The van der Waals surface area contributed by atoms with Gasteiger partial charge in [-0.25, -0.2) is 4.67 Å². The van der Waals surface area contributed by atoms with Crippen molar-refractivity contribution in [1.29, 1.82) is 0 Å². The van der Waals surface area contributed by atoms with Gasteiger partial charge in [0.05, 0.1) is 0 Å². The number of likely N-dealkylation sites (N-methyl/N-ethyl adjacent to an activating group) is 1. The van der Waals surface area contributed by atoms with E-state index >= 15 is 0 Å². The number of rotatable bonds is 8. The highest BCUT2D eigenvalue weighted by Crippen LogP contribution is 2.34. The number of nitrogens with zero attached hydrogens (tertiary/aromatic N) is 2. The number of hydrogen-bond donors (Lipinski definition) is 5. The number of carboxylic acids is 1. The van der Waals surface area contributed by atoms with Gasteiger partial charge in [-0.1, -0.05) is 13.8 Å². The summed E-state index contributed by atoms with van der Waals surface area (Å²) in [5.74, 6) is -1.96. The molecule has 0 aliphatic carbocycles. The average molecular weight is 468 g/mol. The predicted octanol–water partition coefficient (Wildman–Crippen LogP) is 1.29. The lowest BCUT2D eigenvalue weighted by Crippen LogP contribution is -2.56. The first kappa shape index (κ1) is 24.3. The summed E-state index contributed by atoms with van der Waals surface area (Å²) in [6.07, 6.45) is 0. The van der Waals surface area contributed by atoms with Crippen molar-refractivity contribution in [2.45, 2.75) is 39.7 Å². The number of amidine groups is 2. The molecule has 1 aliphatic heterocycles. The third kappa shape index (κ3) is 4.72. The Bertz CT molecular complexity index is 1210. The molecular formula is C24H27N4O6+. The summed E-state index contributed by atoms with van der Waals surface area (Å²) in [6.45, 7) is 7.33. The number of carbonyl (C=O) groups is 3. The molecule has 10 heteroatoms. The molecule has 2 aromatic carbocycles. The highest BCUT2D eigenvalue weighted by atomic mass is 16.4. The molecule has 0 saturated heterocycles. The molecule has 1 aliphatic rings. The maximum atomic E-state index is 12.5. The monoisotopic (exact) mass is 467 g/mol. The molecule has 2 amide bonds. The fourth-order valence-corrected chi connectivity index (χ4v) is 3.41. The molecule has 3 rings (SSSR count). The number of aliphatic carboxylic acids is 1. The van der Waals surface area contributed by atoms with Crippen molar-refractivity contribution in [2.24, 2.45) is 0 Å². The van der Waals surface area contributed by atoms with Crippen LogP contribution in [0.1, 0.15) is 55.1 Å². The van der Waals surface area contributed by atoms with E-state index in [1.165, 1.54) is 25.1 Å². The van der Waals surface area contributed by atoms with E-state index in [0.29, 0.717) is 29.2 Å². The summed E-state index contributed by atoms with van der Waals surface area (Å²) in [7, 11) is 0. The molecule has 1 heterocycles. The number of carboxylic acid groups (broad SMARTS) is 1. The molecule has 34 heavy (non-hydrogen) atoms. The van der Waals surface area contributed by atoms with E-state index in [1.54, 1.807) is 30.0 Å².